The minimum atomic E-state index is 0.232. The molecule has 0 aliphatic heterocycles. The van der Waals surface area contributed by atoms with Crippen molar-refractivity contribution in [1.29, 1.82) is 0 Å². The average Bonchev–Trinajstić information content (AvgIpc) is 1.93. The lowest BCUT2D eigenvalue weighted by molar-refractivity contribution is 0.931. The minimum Gasteiger partial charge on any atom is -0.123 e. The molecule has 11 heavy (non-hydrogen) atoms. The maximum Gasteiger partial charge on any atom is 0.0348 e. The molecule has 0 aliphatic rings. The molecule has 0 spiro atoms. The predicted octanol–water partition coefficient (Wildman–Crippen LogP) is 3.46. The van der Waals surface area contributed by atoms with Crippen LogP contribution in [-0.2, 0) is 6.42 Å². The first-order chi connectivity index (χ1) is 5.18. The second-order valence-corrected chi connectivity index (χ2v) is 4.60. The zero-order valence-corrected chi connectivity index (χ0v) is 9.26. The molecule has 0 aromatic heterocycles. The molecule has 0 amide bonds. The van der Waals surface area contributed by atoms with Gasteiger partial charge in [0.15, 0.2) is 0 Å². The molecule has 1 rings (SSSR count). The van der Waals surface area contributed by atoms with Crippen LogP contribution in [0.3, 0.4) is 0 Å². The first-order valence-corrected chi connectivity index (χ1v) is 5.08. The van der Waals surface area contributed by atoms with Gasteiger partial charge in [-0.15, -0.1) is 11.6 Å². The molecule has 0 nitrogen and oxygen atoms in total. The van der Waals surface area contributed by atoms with Crippen molar-refractivity contribution in [3.8, 4) is 0 Å². The summed E-state index contributed by atoms with van der Waals surface area (Å²) in [5, 5.41) is 0.232. The lowest BCUT2D eigenvalue weighted by Crippen LogP contribution is -1.96. The van der Waals surface area contributed by atoms with E-state index >= 15 is 0 Å². The van der Waals surface area contributed by atoms with Gasteiger partial charge in [0.25, 0.3) is 0 Å². The van der Waals surface area contributed by atoms with Gasteiger partial charge in [0.2, 0.25) is 0 Å². The number of halogens is 2. The van der Waals surface area contributed by atoms with Gasteiger partial charge in [0.05, 0.1) is 0 Å². The molecule has 0 saturated heterocycles. The van der Waals surface area contributed by atoms with Gasteiger partial charge in [-0.1, -0.05) is 12.1 Å². The SMILES string of the molecule is CC(Cl)Cc1ccc(I)cc1. The number of hydrogen-bond acceptors (Lipinski definition) is 0. The maximum atomic E-state index is 5.85. The topological polar surface area (TPSA) is 0 Å². The van der Waals surface area contributed by atoms with Crippen molar-refractivity contribution >= 4 is 34.2 Å². The molecule has 1 atom stereocenters. The molecular weight excluding hydrogens is 270 g/mol. The third-order valence-corrected chi connectivity index (χ3v) is 2.30. The molecule has 0 heterocycles. The zero-order chi connectivity index (χ0) is 8.27. The van der Waals surface area contributed by atoms with Crippen molar-refractivity contribution < 1.29 is 0 Å². The highest BCUT2D eigenvalue weighted by Crippen LogP contribution is 2.10. The van der Waals surface area contributed by atoms with Crippen LogP contribution >= 0.6 is 34.2 Å². The van der Waals surface area contributed by atoms with E-state index in [9.17, 15) is 0 Å². The van der Waals surface area contributed by atoms with Crippen molar-refractivity contribution in [3.63, 3.8) is 0 Å². The van der Waals surface area contributed by atoms with E-state index in [1.165, 1.54) is 9.13 Å². The standard InChI is InChI=1S/C9H10ClI/c1-7(10)6-8-2-4-9(11)5-3-8/h2-5,7H,6H2,1H3. The second kappa shape index (κ2) is 4.31. The summed E-state index contributed by atoms with van der Waals surface area (Å²) in [6, 6.07) is 8.46. The second-order valence-electron chi connectivity index (χ2n) is 2.61. The summed E-state index contributed by atoms with van der Waals surface area (Å²) in [6.45, 7) is 2.01. The molecule has 0 radical (unpaired) electrons. The van der Waals surface area contributed by atoms with Crippen LogP contribution in [0, 0.1) is 3.57 Å². The minimum absolute atomic E-state index is 0.232. The monoisotopic (exact) mass is 280 g/mol. The Hall–Kier alpha value is 0.240. The highest BCUT2D eigenvalue weighted by Gasteiger charge is 1.97. The number of benzene rings is 1. The van der Waals surface area contributed by atoms with Crippen molar-refractivity contribution in [2.45, 2.75) is 18.7 Å². The van der Waals surface area contributed by atoms with Crippen LogP contribution in [0.4, 0.5) is 0 Å². The van der Waals surface area contributed by atoms with E-state index in [0.29, 0.717) is 0 Å². The van der Waals surface area contributed by atoms with Crippen molar-refractivity contribution in [2.75, 3.05) is 0 Å². The average molecular weight is 281 g/mol. The van der Waals surface area contributed by atoms with E-state index in [2.05, 4.69) is 46.9 Å². The Morgan fingerprint density at radius 2 is 1.91 bits per heavy atom. The first-order valence-electron chi connectivity index (χ1n) is 3.57. The van der Waals surface area contributed by atoms with Crippen LogP contribution in [0.5, 0.6) is 0 Å². The first kappa shape index (κ1) is 9.33. The highest BCUT2D eigenvalue weighted by molar-refractivity contribution is 14.1. The lowest BCUT2D eigenvalue weighted by Gasteiger charge is -2.02. The Kier molecular flexibility index (Phi) is 3.66. The van der Waals surface area contributed by atoms with Crippen LogP contribution in [0.25, 0.3) is 0 Å². The smallest absolute Gasteiger partial charge is 0.0348 e. The fraction of sp³-hybridized carbons (Fsp3) is 0.333. The highest BCUT2D eigenvalue weighted by atomic mass is 127. The van der Waals surface area contributed by atoms with E-state index < -0.39 is 0 Å². The Bertz CT molecular complexity index is 216. The van der Waals surface area contributed by atoms with Gasteiger partial charge in [0.1, 0.15) is 0 Å². The van der Waals surface area contributed by atoms with E-state index in [4.69, 9.17) is 11.6 Å². The summed E-state index contributed by atoms with van der Waals surface area (Å²) in [4.78, 5) is 0. The summed E-state index contributed by atoms with van der Waals surface area (Å²) in [6.07, 6.45) is 0.957. The Balaban J connectivity index is 2.66. The zero-order valence-electron chi connectivity index (χ0n) is 6.35. The van der Waals surface area contributed by atoms with Crippen LogP contribution in [0.1, 0.15) is 12.5 Å². The molecule has 2 heteroatoms. The molecule has 0 bridgehead atoms. The normalized spacial score (nSPS) is 13.0. The van der Waals surface area contributed by atoms with Gasteiger partial charge in [-0.25, -0.2) is 0 Å². The summed E-state index contributed by atoms with van der Waals surface area (Å²) in [7, 11) is 0. The van der Waals surface area contributed by atoms with Gasteiger partial charge < -0.3 is 0 Å². The van der Waals surface area contributed by atoms with E-state index in [0.717, 1.165) is 6.42 Å². The maximum absolute atomic E-state index is 5.85. The van der Waals surface area contributed by atoms with E-state index in [-0.39, 0.29) is 5.38 Å². The van der Waals surface area contributed by atoms with Crippen LogP contribution in [-0.4, -0.2) is 5.38 Å². The van der Waals surface area contributed by atoms with Crippen molar-refractivity contribution in [1.82, 2.24) is 0 Å². The molecular formula is C9H10ClI. The number of rotatable bonds is 2. The van der Waals surface area contributed by atoms with Crippen molar-refractivity contribution in [2.24, 2.45) is 0 Å². The van der Waals surface area contributed by atoms with Gasteiger partial charge in [0, 0.05) is 8.95 Å². The fourth-order valence-electron chi connectivity index (χ4n) is 0.945. The molecule has 1 aromatic rings. The van der Waals surface area contributed by atoms with E-state index in [1.54, 1.807) is 0 Å². The van der Waals surface area contributed by atoms with Crippen molar-refractivity contribution in [3.05, 3.63) is 33.4 Å². The lowest BCUT2D eigenvalue weighted by atomic mass is 10.1. The molecule has 0 saturated carbocycles. The summed E-state index contributed by atoms with van der Waals surface area (Å²) in [5.74, 6) is 0. The number of hydrogen-bond donors (Lipinski definition) is 0. The number of alkyl halides is 1. The van der Waals surface area contributed by atoms with Crippen LogP contribution in [0.15, 0.2) is 24.3 Å². The van der Waals surface area contributed by atoms with Gasteiger partial charge in [-0.2, -0.15) is 0 Å². The third kappa shape index (κ3) is 3.43. The molecule has 0 fully saturated rings. The largest absolute Gasteiger partial charge is 0.123 e. The van der Waals surface area contributed by atoms with E-state index in [1.807, 2.05) is 6.92 Å². The molecule has 1 aromatic carbocycles. The third-order valence-electron chi connectivity index (χ3n) is 1.43. The fourth-order valence-corrected chi connectivity index (χ4v) is 1.48. The quantitative estimate of drug-likeness (QED) is 0.575. The Morgan fingerprint density at radius 1 is 1.36 bits per heavy atom. The van der Waals surface area contributed by atoms with Gasteiger partial charge in [-0.3, -0.25) is 0 Å². The molecule has 0 aliphatic carbocycles. The van der Waals surface area contributed by atoms with Crippen LogP contribution in [0.2, 0.25) is 0 Å². The Labute approximate surface area is 86.1 Å². The summed E-state index contributed by atoms with van der Waals surface area (Å²) < 4.78 is 1.27. The summed E-state index contributed by atoms with van der Waals surface area (Å²) >= 11 is 8.15. The predicted molar refractivity (Wildman–Crippen MR) is 58.2 cm³/mol. The van der Waals surface area contributed by atoms with Gasteiger partial charge >= 0.3 is 0 Å². The molecule has 0 N–H and O–H groups in total. The summed E-state index contributed by atoms with van der Waals surface area (Å²) in [5.41, 5.74) is 1.31. The molecule has 60 valence electrons. The van der Waals surface area contributed by atoms with Gasteiger partial charge in [-0.05, 0) is 53.6 Å². The Morgan fingerprint density at radius 3 is 2.36 bits per heavy atom. The molecule has 1 unspecified atom stereocenters. The van der Waals surface area contributed by atoms with Crippen LogP contribution < -0.4 is 0 Å².